The Morgan fingerprint density at radius 3 is 2.59 bits per heavy atom. The van der Waals surface area contributed by atoms with Gasteiger partial charge in [-0.05, 0) is 39.1 Å². The van der Waals surface area contributed by atoms with Gasteiger partial charge in [0, 0.05) is 19.5 Å². The number of rotatable bonds is 8. The summed E-state index contributed by atoms with van der Waals surface area (Å²) in [6.45, 7) is 3.53. The summed E-state index contributed by atoms with van der Waals surface area (Å²) in [4.78, 5) is 28.4. The van der Waals surface area contributed by atoms with Crippen LogP contribution in [0.3, 0.4) is 0 Å². The maximum atomic E-state index is 12.5. The van der Waals surface area contributed by atoms with E-state index in [4.69, 9.17) is 17.0 Å². The topological polar surface area (TPSA) is 49.9 Å². The number of amides is 1. The number of benzene rings is 1. The molecule has 1 amide bonds. The molecule has 8 heteroatoms. The largest absolute Gasteiger partial charge is 0.464 e. The fraction of sp³-hybridized carbons (Fsp3) is 0.421. The van der Waals surface area contributed by atoms with Gasteiger partial charge in [-0.1, -0.05) is 53.8 Å². The van der Waals surface area contributed by atoms with E-state index in [0.29, 0.717) is 35.3 Å². The number of carbonyl (C=O) groups is 2. The highest BCUT2D eigenvalue weighted by Crippen LogP contribution is 2.32. The van der Waals surface area contributed by atoms with Gasteiger partial charge < -0.3 is 9.64 Å². The molecule has 148 valence electrons. The second kappa shape index (κ2) is 11.4. The molecule has 0 saturated carbocycles. The zero-order chi connectivity index (χ0) is 19.1. The summed E-state index contributed by atoms with van der Waals surface area (Å²) in [5, 5.41) is 0. The Kier molecular flexibility index (Phi) is 10.0. The molecule has 0 bridgehead atoms. The molecule has 0 N–H and O–H groups in total. The van der Waals surface area contributed by atoms with Crippen LogP contribution in [0.5, 0.6) is 0 Å². The maximum Gasteiger partial charge on any atom is 0.305 e. The molecule has 1 saturated heterocycles. The lowest BCUT2D eigenvalue weighted by molar-refractivity contribution is -0.144. The summed E-state index contributed by atoms with van der Waals surface area (Å²) in [5.41, 5.74) is 2.15. The van der Waals surface area contributed by atoms with E-state index in [-0.39, 0.29) is 30.7 Å². The molecular formula is C19H25ClN2O3S2. The predicted molar refractivity (Wildman–Crippen MR) is 117 cm³/mol. The Morgan fingerprint density at radius 2 is 1.96 bits per heavy atom. The Bertz CT molecular complexity index is 705. The first-order chi connectivity index (χ1) is 12.4. The van der Waals surface area contributed by atoms with Crippen molar-refractivity contribution in [3.63, 3.8) is 0 Å². The van der Waals surface area contributed by atoms with Gasteiger partial charge in [-0.2, -0.15) is 0 Å². The first-order valence-corrected chi connectivity index (χ1v) is 9.71. The lowest BCUT2D eigenvalue weighted by atomic mass is 10.1. The van der Waals surface area contributed by atoms with Crippen LogP contribution in [0.2, 0.25) is 0 Å². The van der Waals surface area contributed by atoms with Gasteiger partial charge in [0.05, 0.1) is 4.91 Å². The van der Waals surface area contributed by atoms with Crippen LogP contribution in [0, 0.1) is 6.92 Å². The standard InChI is InChI=1S/C19H24N2O3S2.ClH/c1-14-6-8-15(9-7-14)13-16-18(23)21(19(25)26-16)10-4-5-17(22)24-12-11-20(2)3;/h6-9,13H,4-5,10-12H2,1-3H3;1H/b16-13+;. The van der Waals surface area contributed by atoms with Crippen LogP contribution in [-0.4, -0.2) is 59.8 Å². The fourth-order valence-electron chi connectivity index (χ4n) is 2.30. The molecule has 1 aliphatic heterocycles. The van der Waals surface area contributed by atoms with Crippen molar-refractivity contribution in [3.05, 3.63) is 40.3 Å². The van der Waals surface area contributed by atoms with Crippen molar-refractivity contribution < 1.29 is 14.3 Å². The number of nitrogens with zero attached hydrogens (tertiary/aromatic N) is 2. The SMILES string of the molecule is Cc1ccc(/C=C2/SC(=S)N(CCCC(=O)OCCN(C)C)C2=O)cc1.Cl. The second-order valence-corrected chi connectivity index (χ2v) is 8.05. The van der Waals surface area contributed by atoms with E-state index < -0.39 is 0 Å². The molecule has 1 aliphatic rings. The van der Waals surface area contributed by atoms with Gasteiger partial charge in [-0.15, -0.1) is 12.4 Å². The van der Waals surface area contributed by atoms with Gasteiger partial charge in [0.1, 0.15) is 10.9 Å². The minimum absolute atomic E-state index is 0. The number of likely N-dealkylation sites (N-methyl/N-ethyl adjacent to an activating group) is 1. The van der Waals surface area contributed by atoms with E-state index >= 15 is 0 Å². The molecule has 27 heavy (non-hydrogen) atoms. The number of hydrogen-bond acceptors (Lipinski definition) is 6. The first-order valence-electron chi connectivity index (χ1n) is 8.49. The number of thiocarbonyl (C=S) groups is 1. The number of esters is 1. The maximum absolute atomic E-state index is 12.5. The summed E-state index contributed by atoms with van der Waals surface area (Å²) < 4.78 is 5.68. The van der Waals surface area contributed by atoms with Gasteiger partial charge in [-0.3, -0.25) is 14.5 Å². The summed E-state index contributed by atoms with van der Waals surface area (Å²) in [6.07, 6.45) is 2.67. The van der Waals surface area contributed by atoms with Crippen molar-refractivity contribution in [2.75, 3.05) is 33.8 Å². The molecule has 0 aromatic heterocycles. The molecule has 2 rings (SSSR count). The molecule has 1 heterocycles. The zero-order valence-electron chi connectivity index (χ0n) is 15.8. The number of carbonyl (C=O) groups excluding carboxylic acids is 2. The smallest absolute Gasteiger partial charge is 0.305 e. The van der Waals surface area contributed by atoms with Crippen LogP contribution >= 0.6 is 36.4 Å². The normalized spacial score (nSPS) is 15.4. The highest BCUT2D eigenvalue weighted by Gasteiger charge is 2.31. The minimum Gasteiger partial charge on any atom is -0.464 e. The minimum atomic E-state index is -0.243. The number of hydrogen-bond donors (Lipinski definition) is 0. The highest BCUT2D eigenvalue weighted by molar-refractivity contribution is 8.26. The third-order valence-corrected chi connectivity index (χ3v) is 5.19. The third-order valence-electron chi connectivity index (χ3n) is 3.81. The molecular weight excluding hydrogens is 404 g/mol. The number of aryl methyl sites for hydroxylation is 1. The van der Waals surface area contributed by atoms with E-state index in [9.17, 15) is 9.59 Å². The molecule has 1 aromatic rings. The molecule has 1 aromatic carbocycles. The second-order valence-electron chi connectivity index (χ2n) is 6.37. The van der Waals surface area contributed by atoms with E-state index in [2.05, 4.69) is 0 Å². The average Bonchev–Trinajstić information content (AvgIpc) is 2.84. The van der Waals surface area contributed by atoms with Gasteiger partial charge in [-0.25, -0.2) is 0 Å². The first kappa shape index (κ1) is 23.6. The Labute approximate surface area is 176 Å². The summed E-state index contributed by atoms with van der Waals surface area (Å²) >= 11 is 6.62. The van der Waals surface area contributed by atoms with E-state index in [1.807, 2.05) is 56.3 Å². The Morgan fingerprint density at radius 1 is 1.30 bits per heavy atom. The lowest BCUT2D eigenvalue weighted by Crippen LogP contribution is -2.29. The lowest BCUT2D eigenvalue weighted by Gasteiger charge is -2.14. The number of thioether (sulfide) groups is 1. The van der Waals surface area contributed by atoms with Gasteiger partial charge in [0.15, 0.2) is 0 Å². The zero-order valence-corrected chi connectivity index (χ0v) is 18.2. The van der Waals surface area contributed by atoms with Crippen LogP contribution in [0.15, 0.2) is 29.2 Å². The van der Waals surface area contributed by atoms with E-state index in [1.54, 1.807) is 4.90 Å². The summed E-state index contributed by atoms with van der Waals surface area (Å²) in [6, 6.07) is 7.97. The van der Waals surface area contributed by atoms with Gasteiger partial charge >= 0.3 is 5.97 Å². The summed E-state index contributed by atoms with van der Waals surface area (Å²) in [5.74, 6) is -0.339. The molecule has 0 aliphatic carbocycles. The van der Waals surface area contributed by atoms with E-state index in [0.717, 1.165) is 5.56 Å². The molecule has 0 unspecified atom stereocenters. The van der Waals surface area contributed by atoms with Crippen molar-refractivity contribution in [3.8, 4) is 0 Å². The van der Waals surface area contributed by atoms with Crippen LogP contribution in [-0.2, 0) is 14.3 Å². The quantitative estimate of drug-likeness (QED) is 0.359. The molecule has 5 nitrogen and oxygen atoms in total. The predicted octanol–water partition coefficient (Wildman–Crippen LogP) is 3.50. The van der Waals surface area contributed by atoms with Crippen LogP contribution in [0.4, 0.5) is 0 Å². The Hall–Kier alpha value is -1.41. The Balaban J connectivity index is 0.00000364. The fourth-order valence-corrected chi connectivity index (χ4v) is 3.61. The molecule has 1 fully saturated rings. The van der Waals surface area contributed by atoms with Crippen molar-refractivity contribution in [2.24, 2.45) is 0 Å². The summed E-state index contributed by atoms with van der Waals surface area (Å²) in [7, 11) is 3.85. The highest BCUT2D eigenvalue weighted by atomic mass is 35.5. The molecule has 0 spiro atoms. The van der Waals surface area contributed by atoms with Crippen molar-refractivity contribution in [1.82, 2.24) is 9.80 Å². The van der Waals surface area contributed by atoms with Crippen molar-refractivity contribution >= 4 is 58.7 Å². The molecule has 0 radical (unpaired) electrons. The van der Waals surface area contributed by atoms with Crippen molar-refractivity contribution in [1.29, 1.82) is 0 Å². The number of ether oxygens (including phenoxy) is 1. The van der Waals surface area contributed by atoms with E-state index in [1.165, 1.54) is 17.3 Å². The van der Waals surface area contributed by atoms with Gasteiger partial charge in [0.25, 0.3) is 5.91 Å². The molecule has 0 atom stereocenters. The monoisotopic (exact) mass is 428 g/mol. The average molecular weight is 429 g/mol. The third kappa shape index (κ3) is 7.62. The van der Waals surface area contributed by atoms with Crippen molar-refractivity contribution in [2.45, 2.75) is 19.8 Å². The number of halogens is 1. The van der Waals surface area contributed by atoms with Gasteiger partial charge in [0.2, 0.25) is 0 Å². The van der Waals surface area contributed by atoms with Crippen LogP contribution in [0.25, 0.3) is 6.08 Å². The van der Waals surface area contributed by atoms with Crippen LogP contribution < -0.4 is 0 Å². The van der Waals surface area contributed by atoms with Crippen LogP contribution in [0.1, 0.15) is 24.0 Å².